The molecule has 0 aromatic carbocycles. The van der Waals surface area contributed by atoms with Crippen LogP contribution in [0.3, 0.4) is 0 Å². The fraction of sp³-hybridized carbons (Fsp3) is 0.500. The first kappa shape index (κ1) is 6.71. The second-order valence-electron chi connectivity index (χ2n) is 1.97. The molecule has 1 aromatic rings. The van der Waals surface area contributed by atoms with E-state index >= 15 is 0 Å². The number of nitrogens with two attached hydrogens (primary N) is 1. The Labute approximate surface area is 58.9 Å². The zero-order chi connectivity index (χ0) is 6.69. The molecular weight excluding hydrogens is 132 g/mol. The van der Waals surface area contributed by atoms with Crippen LogP contribution in [0.4, 0.5) is 0 Å². The predicted molar refractivity (Wildman–Crippen MR) is 39.6 cm³/mol. The third-order valence-corrected chi connectivity index (χ3v) is 1.81. The summed E-state index contributed by atoms with van der Waals surface area (Å²) in [6, 6.07) is 2.08. The molecule has 3 heteroatoms. The van der Waals surface area contributed by atoms with Crippen LogP contribution in [0.2, 0.25) is 0 Å². The van der Waals surface area contributed by atoms with Gasteiger partial charge in [-0.2, -0.15) is 4.37 Å². The molecular formula is C6H10N2S. The van der Waals surface area contributed by atoms with Gasteiger partial charge in [-0.25, -0.2) is 0 Å². The lowest BCUT2D eigenvalue weighted by Crippen LogP contribution is -2.02. The zero-order valence-electron chi connectivity index (χ0n) is 5.42. The number of rotatable bonds is 2. The molecule has 1 heterocycles. The van der Waals surface area contributed by atoms with Gasteiger partial charge in [-0.05, 0) is 31.1 Å². The Morgan fingerprint density at radius 1 is 1.78 bits per heavy atom. The molecule has 2 nitrogen and oxygen atoms in total. The monoisotopic (exact) mass is 142 g/mol. The van der Waals surface area contributed by atoms with Gasteiger partial charge in [0.25, 0.3) is 0 Å². The molecule has 1 aromatic heterocycles. The van der Waals surface area contributed by atoms with Crippen LogP contribution in [-0.2, 0) is 6.42 Å². The maximum absolute atomic E-state index is 5.33. The van der Waals surface area contributed by atoms with Crippen LogP contribution in [0.5, 0.6) is 0 Å². The summed E-state index contributed by atoms with van der Waals surface area (Å²) in [5, 5.41) is 0. The van der Waals surface area contributed by atoms with Crippen molar-refractivity contribution < 1.29 is 0 Å². The zero-order valence-corrected chi connectivity index (χ0v) is 6.24. The van der Waals surface area contributed by atoms with Gasteiger partial charge in [0, 0.05) is 11.3 Å². The summed E-state index contributed by atoms with van der Waals surface area (Å²) in [6.45, 7) is 2.75. The largest absolute Gasteiger partial charge is 0.330 e. The van der Waals surface area contributed by atoms with Crippen molar-refractivity contribution in [2.45, 2.75) is 13.3 Å². The first-order valence-electron chi connectivity index (χ1n) is 2.95. The topological polar surface area (TPSA) is 38.9 Å². The summed E-state index contributed by atoms with van der Waals surface area (Å²) in [7, 11) is 0. The van der Waals surface area contributed by atoms with Gasteiger partial charge in [0.05, 0.1) is 5.69 Å². The van der Waals surface area contributed by atoms with E-state index in [0.717, 1.165) is 12.1 Å². The standard InChI is InChI=1S/C6H10N2S/c1-5-4-6(2-3-7)8-9-5/h4H,2-3,7H2,1H3. The molecule has 0 atom stereocenters. The summed E-state index contributed by atoms with van der Waals surface area (Å²) in [4.78, 5) is 1.26. The Balaban J connectivity index is 2.61. The fourth-order valence-corrected chi connectivity index (χ4v) is 1.28. The molecule has 1 rings (SSSR count). The van der Waals surface area contributed by atoms with Gasteiger partial charge in [-0.1, -0.05) is 0 Å². The third kappa shape index (κ3) is 1.77. The lowest BCUT2D eigenvalue weighted by atomic mass is 10.3. The van der Waals surface area contributed by atoms with Crippen molar-refractivity contribution in [1.82, 2.24) is 4.37 Å². The lowest BCUT2D eigenvalue weighted by Gasteiger charge is -1.85. The van der Waals surface area contributed by atoms with Crippen molar-refractivity contribution in [2.75, 3.05) is 6.54 Å². The Morgan fingerprint density at radius 2 is 2.56 bits per heavy atom. The van der Waals surface area contributed by atoms with Crippen LogP contribution in [-0.4, -0.2) is 10.9 Å². The van der Waals surface area contributed by atoms with E-state index in [0.29, 0.717) is 6.54 Å². The maximum Gasteiger partial charge on any atom is 0.0557 e. The SMILES string of the molecule is Cc1cc(CCN)ns1. The fourth-order valence-electron chi connectivity index (χ4n) is 0.684. The Morgan fingerprint density at radius 3 is 3.00 bits per heavy atom. The summed E-state index contributed by atoms with van der Waals surface area (Å²) >= 11 is 1.54. The van der Waals surface area contributed by atoms with Crippen molar-refractivity contribution in [3.05, 3.63) is 16.6 Å². The van der Waals surface area contributed by atoms with Crippen molar-refractivity contribution >= 4 is 11.5 Å². The number of aryl methyl sites for hydroxylation is 1. The Bertz CT molecular complexity index is 183. The normalized spacial score (nSPS) is 10.0. The van der Waals surface area contributed by atoms with E-state index in [1.54, 1.807) is 0 Å². The highest BCUT2D eigenvalue weighted by Gasteiger charge is 1.94. The molecule has 0 bridgehead atoms. The maximum atomic E-state index is 5.33. The van der Waals surface area contributed by atoms with Crippen molar-refractivity contribution in [1.29, 1.82) is 0 Å². The number of aromatic nitrogens is 1. The smallest absolute Gasteiger partial charge is 0.0557 e. The van der Waals surface area contributed by atoms with E-state index in [-0.39, 0.29) is 0 Å². The number of hydrogen-bond acceptors (Lipinski definition) is 3. The molecule has 0 radical (unpaired) electrons. The van der Waals surface area contributed by atoms with E-state index in [1.807, 2.05) is 0 Å². The average molecular weight is 142 g/mol. The first-order chi connectivity index (χ1) is 4.33. The van der Waals surface area contributed by atoms with Gasteiger partial charge in [-0.15, -0.1) is 0 Å². The van der Waals surface area contributed by atoms with Gasteiger partial charge >= 0.3 is 0 Å². The molecule has 9 heavy (non-hydrogen) atoms. The van der Waals surface area contributed by atoms with Crippen LogP contribution in [0, 0.1) is 6.92 Å². The predicted octanol–water partition coefficient (Wildman–Crippen LogP) is 0.953. The minimum absolute atomic E-state index is 0.698. The van der Waals surface area contributed by atoms with Crippen LogP contribution in [0.1, 0.15) is 10.6 Å². The highest BCUT2D eigenvalue weighted by Crippen LogP contribution is 2.07. The molecule has 0 unspecified atom stereocenters. The molecule has 2 N–H and O–H groups in total. The van der Waals surface area contributed by atoms with E-state index in [1.165, 1.54) is 16.4 Å². The Kier molecular flexibility index (Phi) is 2.19. The molecule has 0 saturated carbocycles. The van der Waals surface area contributed by atoms with E-state index < -0.39 is 0 Å². The molecule has 0 aliphatic rings. The number of nitrogens with zero attached hydrogens (tertiary/aromatic N) is 1. The number of hydrogen-bond donors (Lipinski definition) is 1. The van der Waals surface area contributed by atoms with Crippen molar-refractivity contribution in [3.63, 3.8) is 0 Å². The molecule has 0 amide bonds. The lowest BCUT2D eigenvalue weighted by molar-refractivity contribution is 0.944. The molecule has 50 valence electrons. The molecule has 0 aliphatic carbocycles. The van der Waals surface area contributed by atoms with Crippen molar-refractivity contribution in [2.24, 2.45) is 5.73 Å². The molecule has 0 fully saturated rings. The Hall–Kier alpha value is -0.410. The van der Waals surface area contributed by atoms with E-state index in [2.05, 4.69) is 17.4 Å². The van der Waals surface area contributed by atoms with Crippen LogP contribution >= 0.6 is 11.5 Å². The molecule has 0 saturated heterocycles. The summed E-state index contributed by atoms with van der Waals surface area (Å²) < 4.78 is 4.17. The first-order valence-corrected chi connectivity index (χ1v) is 3.72. The van der Waals surface area contributed by atoms with E-state index in [9.17, 15) is 0 Å². The highest BCUT2D eigenvalue weighted by atomic mass is 32.1. The molecule has 0 spiro atoms. The van der Waals surface area contributed by atoms with Crippen LogP contribution in [0.15, 0.2) is 6.07 Å². The summed E-state index contributed by atoms with van der Waals surface area (Å²) in [6.07, 6.45) is 0.907. The van der Waals surface area contributed by atoms with Gasteiger partial charge in [-0.3, -0.25) is 0 Å². The molecule has 0 aliphatic heterocycles. The van der Waals surface area contributed by atoms with Crippen molar-refractivity contribution in [3.8, 4) is 0 Å². The van der Waals surface area contributed by atoms with Crippen LogP contribution < -0.4 is 5.73 Å². The second-order valence-corrected chi connectivity index (χ2v) is 2.98. The minimum atomic E-state index is 0.698. The highest BCUT2D eigenvalue weighted by molar-refractivity contribution is 7.05. The quantitative estimate of drug-likeness (QED) is 0.667. The average Bonchev–Trinajstić information content (AvgIpc) is 2.17. The van der Waals surface area contributed by atoms with Crippen LogP contribution in [0.25, 0.3) is 0 Å². The summed E-state index contributed by atoms with van der Waals surface area (Å²) in [5.41, 5.74) is 6.46. The van der Waals surface area contributed by atoms with E-state index in [4.69, 9.17) is 5.73 Å². The van der Waals surface area contributed by atoms with Gasteiger partial charge < -0.3 is 5.73 Å². The second kappa shape index (κ2) is 2.94. The summed E-state index contributed by atoms with van der Waals surface area (Å²) in [5.74, 6) is 0. The van der Waals surface area contributed by atoms with Gasteiger partial charge in [0.1, 0.15) is 0 Å². The van der Waals surface area contributed by atoms with Gasteiger partial charge in [0.2, 0.25) is 0 Å². The minimum Gasteiger partial charge on any atom is -0.330 e. The van der Waals surface area contributed by atoms with Gasteiger partial charge in [0.15, 0.2) is 0 Å². The third-order valence-electron chi connectivity index (χ3n) is 1.08.